The van der Waals surface area contributed by atoms with Crippen molar-refractivity contribution in [2.75, 3.05) is 18.4 Å². The van der Waals surface area contributed by atoms with Gasteiger partial charge in [0.1, 0.15) is 11.5 Å². The van der Waals surface area contributed by atoms with Crippen molar-refractivity contribution in [2.24, 2.45) is 11.3 Å². The van der Waals surface area contributed by atoms with Gasteiger partial charge in [0.15, 0.2) is 0 Å². The van der Waals surface area contributed by atoms with Crippen molar-refractivity contribution in [3.05, 3.63) is 54.6 Å². The summed E-state index contributed by atoms with van der Waals surface area (Å²) in [5.74, 6) is 1.83. The molecule has 1 heterocycles. The van der Waals surface area contributed by atoms with E-state index in [1.807, 2.05) is 54.6 Å². The van der Waals surface area contributed by atoms with Gasteiger partial charge < -0.3 is 15.4 Å². The first kappa shape index (κ1) is 17.8. The monoisotopic (exact) mass is 358 g/mol. The minimum absolute atomic E-state index is 0. The number of amides is 1. The van der Waals surface area contributed by atoms with Crippen LogP contribution in [-0.2, 0) is 4.79 Å². The molecule has 2 aromatic carbocycles. The number of ether oxygens (including phenoxy) is 1. The van der Waals surface area contributed by atoms with E-state index in [1.165, 1.54) is 0 Å². The second-order valence-corrected chi connectivity index (χ2v) is 6.80. The number of rotatable bonds is 4. The van der Waals surface area contributed by atoms with Gasteiger partial charge in [-0.2, -0.15) is 0 Å². The molecular formula is C20H23ClN2O2. The first-order valence-electron chi connectivity index (χ1n) is 8.60. The van der Waals surface area contributed by atoms with Crippen LogP contribution in [0, 0.1) is 11.3 Å². The average Bonchev–Trinajstić information content (AvgIpc) is 3.30. The van der Waals surface area contributed by atoms with Crippen molar-refractivity contribution in [2.45, 2.75) is 19.3 Å². The molecule has 1 aliphatic carbocycles. The Kier molecular flexibility index (Phi) is 5.30. The predicted molar refractivity (Wildman–Crippen MR) is 101 cm³/mol. The van der Waals surface area contributed by atoms with Crippen molar-refractivity contribution in [1.29, 1.82) is 0 Å². The lowest BCUT2D eigenvalue weighted by molar-refractivity contribution is -0.118. The summed E-state index contributed by atoms with van der Waals surface area (Å²) in [6.07, 6.45) is 3.26. The van der Waals surface area contributed by atoms with Crippen LogP contribution in [0.3, 0.4) is 0 Å². The van der Waals surface area contributed by atoms with Gasteiger partial charge in [-0.15, -0.1) is 12.4 Å². The van der Waals surface area contributed by atoms with E-state index in [9.17, 15) is 4.79 Å². The van der Waals surface area contributed by atoms with Gasteiger partial charge in [-0.25, -0.2) is 0 Å². The molecule has 2 aromatic rings. The Balaban J connectivity index is 0.00000182. The van der Waals surface area contributed by atoms with Crippen LogP contribution < -0.4 is 15.4 Å². The summed E-state index contributed by atoms with van der Waals surface area (Å²) in [7, 11) is 0. The number of benzene rings is 2. The second-order valence-electron chi connectivity index (χ2n) is 6.80. The van der Waals surface area contributed by atoms with Crippen molar-refractivity contribution in [1.82, 2.24) is 5.32 Å². The molecule has 1 amide bonds. The SMILES string of the molecule is Cl.O=C(Nc1cccc(Oc2ccccc2)c1)C1CC12CCNCC2. The summed E-state index contributed by atoms with van der Waals surface area (Å²) < 4.78 is 5.83. The van der Waals surface area contributed by atoms with Gasteiger partial charge in [-0.1, -0.05) is 24.3 Å². The lowest BCUT2D eigenvalue weighted by atomic mass is 9.92. The number of halogens is 1. The predicted octanol–water partition coefficient (Wildman–Crippen LogP) is 4.23. The van der Waals surface area contributed by atoms with E-state index in [2.05, 4.69) is 10.6 Å². The van der Waals surface area contributed by atoms with Gasteiger partial charge >= 0.3 is 0 Å². The molecule has 0 bridgehead atoms. The van der Waals surface area contributed by atoms with E-state index in [0.717, 1.165) is 49.5 Å². The molecule has 1 unspecified atom stereocenters. The molecule has 1 saturated carbocycles. The standard InChI is InChI=1S/C20H22N2O2.ClH/c23-19(18-14-20(18)9-11-21-12-10-20)22-15-5-4-8-17(13-15)24-16-6-2-1-3-7-16;/h1-8,13,18,21H,9-12,14H2,(H,22,23);1H. The van der Waals surface area contributed by atoms with Crippen molar-refractivity contribution < 1.29 is 9.53 Å². The Morgan fingerprint density at radius 1 is 1.04 bits per heavy atom. The minimum Gasteiger partial charge on any atom is -0.457 e. The van der Waals surface area contributed by atoms with E-state index in [1.54, 1.807) is 0 Å². The first-order chi connectivity index (χ1) is 11.8. The number of anilines is 1. The summed E-state index contributed by atoms with van der Waals surface area (Å²) in [5.41, 5.74) is 1.05. The maximum Gasteiger partial charge on any atom is 0.228 e. The highest BCUT2D eigenvalue weighted by Crippen LogP contribution is 2.58. The molecule has 4 nitrogen and oxygen atoms in total. The van der Waals surface area contributed by atoms with E-state index in [4.69, 9.17) is 4.74 Å². The average molecular weight is 359 g/mol. The Labute approximate surface area is 154 Å². The quantitative estimate of drug-likeness (QED) is 0.859. The number of carbonyl (C=O) groups is 1. The summed E-state index contributed by atoms with van der Waals surface area (Å²) in [5, 5.41) is 6.43. The number of nitrogens with one attached hydrogen (secondary N) is 2. The van der Waals surface area contributed by atoms with Crippen LogP contribution in [0.15, 0.2) is 54.6 Å². The van der Waals surface area contributed by atoms with E-state index in [-0.39, 0.29) is 29.6 Å². The fourth-order valence-corrected chi connectivity index (χ4v) is 3.69. The largest absolute Gasteiger partial charge is 0.457 e. The van der Waals surface area contributed by atoms with E-state index >= 15 is 0 Å². The zero-order chi connectivity index (χ0) is 16.4. The van der Waals surface area contributed by atoms with E-state index < -0.39 is 0 Å². The molecule has 1 aliphatic heterocycles. The van der Waals surface area contributed by atoms with Crippen molar-refractivity contribution >= 4 is 24.0 Å². The minimum atomic E-state index is 0. The Bertz CT molecular complexity index is 729. The van der Waals surface area contributed by atoms with Gasteiger partial charge in [-0.3, -0.25) is 4.79 Å². The number of piperidine rings is 1. The van der Waals surface area contributed by atoms with Gasteiger partial charge in [0.25, 0.3) is 0 Å². The molecule has 2 fully saturated rings. The molecule has 1 saturated heterocycles. The molecule has 4 rings (SSSR count). The molecule has 132 valence electrons. The molecular weight excluding hydrogens is 336 g/mol. The number of para-hydroxylation sites is 1. The van der Waals surface area contributed by atoms with Crippen LogP contribution in [0.5, 0.6) is 11.5 Å². The highest BCUT2D eigenvalue weighted by atomic mass is 35.5. The first-order valence-corrected chi connectivity index (χ1v) is 8.60. The highest BCUT2D eigenvalue weighted by Gasteiger charge is 2.57. The molecule has 0 aromatic heterocycles. The summed E-state index contributed by atoms with van der Waals surface area (Å²) in [6.45, 7) is 2.06. The lowest BCUT2D eigenvalue weighted by Crippen LogP contribution is -2.31. The molecule has 2 aliphatic rings. The smallest absolute Gasteiger partial charge is 0.228 e. The zero-order valence-corrected chi connectivity index (χ0v) is 14.9. The zero-order valence-electron chi connectivity index (χ0n) is 14.0. The fraction of sp³-hybridized carbons (Fsp3) is 0.350. The molecule has 1 atom stereocenters. The van der Waals surface area contributed by atoms with Crippen LogP contribution in [0.25, 0.3) is 0 Å². The maximum atomic E-state index is 12.5. The highest BCUT2D eigenvalue weighted by molar-refractivity contribution is 5.95. The van der Waals surface area contributed by atoms with Gasteiger partial charge in [0.05, 0.1) is 0 Å². The molecule has 5 heteroatoms. The molecule has 1 spiro atoms. The summed E-state index contributed by atoms with van der Waals surface area (Å²) >= 11 is 0. The fourth-order valence-electron chi connectivity index (χ4n) is 3.69. The summed E-state index contributed by atoms with van der Waals surface area (Å²) in [4.78, 5) is 12.5. The van der Waals surface area contributed by atoms with Crippen LogP contribution in [0.2, 0.25) is 0 Å². The van der Waals surface area contributed by atoms with Gasteiger partial charge in [0, 0.05) is 17.7 Å². The van der Waals surface area contributed by atoms with Crippen LogP contribution in [0.4, 0.5) is 5.69 Å². The Morgan fingerprint density at radius 2 is 1.76 bits per heavy atom. The molecule has 2 N–H and O–H groups in total. The number of hydrogen-bond donors (Lipinski definition) is 2. The third-order valence-electron chi connectivity index (χ3n) is 5.19. The normalized spacial score (nSPS) is 20.4. The lowest BCUT2D eigenvalue weighted by Gasteiger charge is -2.23. The number of carbonyl (C=O) groups excluding carboxylic acids is 1. The van der Waals surface area contributed by atoms with Gasteiger partial charge in [-0.05, 0) is 62.0 Å². The third kappa shape index (κ3) is 3.97. The van der Waals surface area contributed by atoms with Crippen LogP contribution in [-0.4, -0.2) is 19.0 Å². The molecule has 25 heavy (non-hydrogen) atoms. The topological polar surface area (TPSA) is 50.4 Å². The third-order valence-corrected chi connectivity index (χ3v) is 5.19. The van der Waals surface area contributed by atoms with E-state index in [0.29, 0.717) is 0 Å². The molecule has 0 radical (unpaired) electrons. The Morgan fingerprint density at radius 3 is 2.52 bits per heavy atom. The summed E-state index contributed by atoms with van der Waals surface area (Å²) in [6, 6.07) is 17.2. The van der Waals surface area contributed by atoms with Crippen LogP contribution >= 0.6 is 12.4 Å². The van der Waals surface area contributed by atoms with Crippen LogP contribution in [0.1, 0.15) is 19.3 Å². The van der Waals surface area contributed by atoms with Crippen molar-refractivity contribution in [3.63, 3.8) is 0 Å². The maximum absolute atomic E-state index is 12.5. The Hall–Kier alpha value is -2.04. The second kappa shape index (κ2) is 7.46. The van der Waals surface area contributed by atoms with Crippen molar-refractivity contribution in [3.8, 4) is 11.5 Å². The van der Waals surface area contributed by atoms with Gasteiger partial charge in [0.2, 0.25) is 5.91 Å². The number of hydrogen-bond acceptors (Lipinski definition) is 3.